The molecule has 0 saturated heterocycles. The van der Waals surface area contributed by atoms with Crippen molar-refractivity contribution in [2.45, 2.75) is 18.7 Å². The molecule has 0 bridgehead atoms. The predicted molar refractivity (Wildman–Crippen MR) is 106 cm³/mol. The summed E-state index contributed by atoms with van der Waals surface area (Å²) in [7, 11) is -2.53. The van der Waals surface area contributed by atoms with Crippen LogP contribution in [-0.2, 0) is 23.8 Å². The Kier molecular flexibility index (Phi) is 7.40. The average Bonchev–Trinajstić information content (AvgIpc) is 2.67. The fourth-order valence-electron chi connectivity index (χ4n) is 2.17. The minimum atomic E-state index is -4.10. The second kappa shape index (κ2) is 9.75. The van der Waals surface area contributed by atoms with Gasteiger partial charge in [0.05, 0.1) is 19.8 Å². The van der Waals surface area contributed by atoms with Gasteiger partial charge < -0.3 is 13.7 Å². The van der Waals surface area contributed by atoms with Gasteiger partial charge in [0.2, 0.25) is 0 Å². The molecule has 2 aromatic carbocycles. The number of ether oxygens (including phenoxy) is 2. The van der Waals surface area contributed by atoms with Crippen molar-refractivity contribution in [1.82, 2.24) is 0 Å². The third kappa shape index (κ3) is 6.28. The maximum atomic E-state index is 12.5. The quantitative estimate of drug-likeness (QED) is 0.219. The molecular formula is C21H22O6S. The van der Waals surface area contributed by atoms with Crippen LogP contribution < -0.4 is 4.74 Å². The molecule has 0 heterocycles. The minimum Gasteiger partial charge on any atom is -0.497 e. The van der Waals surface area contributed by atoms with Crippen molar-refractivity contribution in [3.8, 4) is 5.75 Å². The molecular weight excluding hydrogens is 380 g/mol. The van der Waals surface area contributed by atoms with Gasteiger partial charge in [-0.25, -0.2) is 4.79 Å². The van der Waals surface area contributed by atoms with E-state index in [2.05, 4.69) is 0 Å². The number of esters is 1. The lowest BCUT2D eigenvalue weighted by Gasteiger charge is -2.08. The molecule has 0 amide bonds. The number of methoxy groups -OCH3 is 1. The Bertz CT molecular complexity index is 955. The molecule has 0 aliphatic rings. The van der Waals surface area contributed by atoms with Gasteiger partial charge in [-0.2, -0.15) is 8.42 Å². The molecule has 0 unspecified atom stereocenters. The highest BCUT2D eigenvalue weighted by atomic mass is 32.2. The van der Waals surface area contributed by atoms with E-state index < -0.39 is 16.1 Å². The SMILES string of the molecule is CCOC(=O)/C=C(\C=C\c1ccc(OC)cc1)OS(=O)(=O)c1ccc(C)cc1. The van der Waals surface area contributed by atoms with Gasteiger partial charge in [-0.1, -0.05) is 35.9 Å². The van der Waals surface area contributed by atoms with Gasteiger partial charge in [-0.3, -0.25) is 0 Å². The summed E-state index contributed by atoms with van der Waals surface area (Å²) in [5.41, 5.74) is 1.69. The van der Waals surface area contributed by atoms with Gasteiger partial charge in [0.1, 0.15) is 16.4 Å². The zero-order chi connectivity index (χ0) is 20.6. The van der Waals surface area contributed by atoms with Crippen molar-refractivity contribution in [2.75, 3.05) is 13.7 Å². The first-order valence-corrected chi connectivity index (χ1v) is 9.96. The number of carbonyl (C=O) groups is 1. The largest absolute Gasteiger partial charge is 0.497 e. The molecule has 0 aromatic heterocycles. The Morgan fingerprint density at radius 3 is 2.25 bits per heavy atom. The van der Waals surface area contributed by atoms with Gasteiger partial charge in [0, 0.05) is 0 Å². The van der Waals surface area contributed by atoms with Crippen LogP contribution in [0.3, 0.4) is 0 Å². The van der Waals surface area contributed by atoms with Crippen molar-refractivity contribution in [3.63, 3.8) is 0 Å². The smallest absolute Gasteiger partial charge is 0.339 e. The highest BCUT2D eigenvalue weighted by molar-refractivity contribution is 7.86. The molecule has 2 aromatic rings. The first kappa shape index (κ1) is 21.2. The van der Waals surface area contributed by atoms with Crippen LogP contribution in [0, 0.1) is 6.92 Å². The van der Waals surface area contributed by atoms with Crippen LogP contribution in [0.15, 0.2) is 71.3 Å². The van der Waals surface area contributed by atoms with E-state index in [1.165, 1.54) is 18.2 Å². The summed E-state index contributed by atoms with van der Waals surface area (Å²) in [6.45, 7) is 3.67. The monoisotopic (exact) mass is 402 g/mol. The van der Waals surface area contributed by atoms with Gasteiger partial charge in [-0.15, -0.1) is 0 Å². The van der Waals surface area contributed by atoms with Crippen LogP contribution in [0.25, 0.3) is 6.08 Å². The molecule has 0 spiro atoms. The van der Waals surface area contributed by atoms with Crippen molar-refractivity contribution in [3.05, 3.63) is 77.6 Å². The lowest BCUT2D eigenvalue weighted by Crippen LogP contribution is -2.08. The Morgan fingerprint density at radius 2 is 1.68 bits per heavy atom. The number of hydrogen-bond donors (Lipinski definition) is 0. The molecule has 6 nitrogen and oxygen atoms in total. The zero-order valence-electron chi connectivity index (χ0n) is 15.9. The molecule has 2 rings (SSSR count). The molecule has 0 fully saturated rings. The van der Waals surface area contributed by atoms with E-state index in [0.717, 1.165) is 17.2 Å². The number of carbonyl (C=O) groups excluding carboxylic acids is 1. The molecule has 0 aliphatic carbocycles. The molecule has 0 N–H and O–H groups in total. The predicted octanol–water partition coefficient (Wildman–Crippen LogP) is 3.87. The molecule has 28 heavy (non-hydrogen) atoms. The Labute approximate surface area is 165 Å². The standard InChI is InChI=1S/C21H22O6S/c1-4-26-21(22)15-19(12-9-17-7-10-18(25-3)11-8-17)27-28(23,24)20-13-5-16(2)6-14-20/h5-15H,4H2,1-3H3/b12-9+,19-15+. The van der Waals surface area contributed by atoms with E-state index in [9.17, 15) is 13.2 Å². The molecule has 0 saturated carbocycles. The van der Waals surface area contributed by atoms with Crippen molar-refractivity contribution in [1.29, 1.82) is 0 Å². The van der Waals surface area contributed by atoms with E-state index in [4.69, 9.17) is 13.7 Å². The van der Waals surface area contributed by atoms with E-state index in [1.807, 2.05) is 6.92 Å². The number of allylic oxidation sites excluding steroid dienone is 1. The number of rotatable bonds is 8. The fraction of sp³-hybridized carbons (Fsp3) is 0.190. The van der Waals surface area contributed by atoms with Crippen molar-refractivity contribution >= 4 is 22.2 Å². The van der Waals surface area contributed by atoms with Crippen LogP contribution in [0.2, 0.25) is 0 Å². The number of aryl methyl sites for hydroxylation is 1. The normalized spacial score (nSPS) is 12.0. The lowest BCUT2D eigenvalue weighted by molar-refractivity contribution is -0.137. The lowest BCUT2D eigenvalue weighted by atomic mass is 10.2. The Balaban J connectivity index is 2.29. The highest BCUT2D eigenvalue weighted by Gasteiger charge is 2.17. The van der Waals surface area contributed by atoms with Gasteiger partial charge in [0.25, 0.3) is 0 Å². The summed E-state index contributed by atoms with van der Waals surface area (Å²) in [6.07, 6.45) is 4.01. The first-order valence-electron chi connectivity index (χ1n) is 8.56. The first-order chi connectivity index (χ1) is 13.3. The van der Waals surface area contributed by atoms with Gasteiger partial charge in [-0.05, 0) is 49.8 Å². The third-order valence-corrected chi connectivity index (χ3v) is 4.88. The summed E-state index contributed by atoms with van der Waals surface area (Å²) < 4.78 is 40.2. The van der Waals surface area contributed by atoms with E-state index >= 15 is 0 Å². The number of hydrogen-bond acceptors (Lipinski definition) is 6. The maximum absolute atomic E-state index is 12.5. The van der Waals surface area contributed by atoms with Crippen molar-refractivity contribution in [2.24, 2.45) is 0 Å². The van der Waals surface area contributed by atoms with E-state index in [-0.39, 0.29) is 17.3 Å². The van der Waals surface area contributed by atoms with Crippen LogP contribution >= 0.6 is 0 Å². The second-order valence-electron chi connectivity index (χ2n) is 5.76. The molecule has 0 aliphatic heterocycles. The summed E-state index contributed by atoms with van der Waals surface area (Å²) in [4.78, 5) is 11.8. The maximum Gasteiger partial charge on any atom is 0.339 e. The molecule has 0 atom stereocenters. The molecule has 0 radical (unpaired) electrons. The van der Waals surface area contributed by atoms with E-state index in [1.54, 1.807) is 56.5 Å². The highest BCUT2D eigenvalue weighted by Crippen LogP contribution is 2.19. The van der Waals surface area contributed by atoms with Gasteiger partial charge >= 0.3 is 16.1 Å². The summed E-state index contributed by atoms with van der Waals surface area (Å²) >= 11 is 0. The number of benzene rings is 2. The van der Waals surface area contributed by atoms with Crippen molar-refractivity contribution < 1.29 is 26.9 Å². The summed E-state index contributed by atoms with van der Waals surface area (Å²) in [6, 6.07) is 13.3. The van der Waals surface area contributed by atoms with Crippen LogP contribution in [0.1, 0.15) is 18.1 Å². The summed E-state index contributed by atoms with van der Waals surface area (Å²) in [5.74, 6) is -0.163. The Hall–Kier alpha value is -3.06. The van der Waals surface area contributed by atoms with Crippen LogP contribution in [0.5, 0.6) is 5.75 Å². The topological polar surface area (TPSA) is 78.9 Å². The minimum absolute atomic E-state index is 0.00861. The summed E-state index contributed by atoms with van der Waals surface area (Å²) in [5, 5.41) is 0. The molecule has 7 heteroatoms. The van der Waals surface area contributed by atoms with E-state index in [0.29, 0.717) is 5.75 Å². The Morgan fingerprint density at radius 1 is 1.04 bits per heavy atom. The van der Waals surface area contributed by atoms with Gasteiger partial charge in [0.15, 0.2) is 0 Å². The third-order valence-electron chi connectivity index (χ3n) is 3.62. The van der Waals surface area contributed by atoms with Crippen LogP contribution in [-0.4, -0.2) is 28.1 Å². The second-order valence-corrected chi connectivity index (χ2v) is 7.30. The molecule has 148 valence electrons. The van der Waals surface area contributed by atoms with Crippen LogP contribution in [0.4, 0.5) is 0 Å². The zero-order valence-corrected chi connectivity index (χ0v) is 16.7. The average molecular weight is 402 g/mol. The fourth-order valence-corrected chi connectivity index (χ4v) is 3.10.